The molecule has 1 saturated heterocycles. The highest BCUT2D eigenvalue weighted by atomic mass is 35.5. The van der Waals surface area contributed by atoms with Gasteiger partial charge in [0.25, 0.3) is 5.56 Å². The van der Waals surface area contributed by atoms with E-state index in [1.54, 1.807) is 18.2 Å². The summed E-state index contributed by atoms with van der Waals surface area (Å²) in [5.74, 6) is -2.51. The number of rotatable bonds is 6. The van der Waals surface area contributed by atoms with Gasteiger partial charge in [0.1, 0.15) is 0 Å². The first kappa shape index (κ1) is 25.7. The van der Waals surface area contributed by atoms with Gasteiger partial charge < -0.3 is 20.1 Å². The topological polar surface area (TPSA) is 136 Å². The second-order valence-corrected chi connectivity index (χ2v) is 8.19. The minimum atomic E-state index is -1.26. The van der Waals surface area contributed by atoms with E-state index in [0.717, 1.165) is 26.2 Å². The molecule has 3 aromatic rings. The van der Waals surface area contributed by atoms with Crippen molar-refractivity contribution in [3.63, 3.8) is 0 Å². The fourth-order valence-electron chi connectivity index (χ4n) is 3.68. The number of anilines is 1. The maximum Gasteiger partial charge on any atom is 0.328 e. The zero-order chi connectivity index (χ0) is 25.4. The van der Waals surface area contributed by atoms with Gasteiger partial charge in [0.15, 0.2) is 0 Å². The Hall–Kier alpha value is -3.89. The molecular formula is C24H25ClN4O6. The molecule has 1 fully saturated rings. The largest absolute Gasteiger partial charge is 0.478 e. The number of aromatic nitrogens is 2. The third-order valence-corrected chi connectivity index (χ3v) is 5.68. The number of halogens is 1. The quantitative estimate of drug-likeness (QED) is 0.436. The molecule has 10 nitrogen and oxygen atoms in total. The number of hydrogen-bond donors (Lipinski definition) is 3. The molecule has 11 heteroatoms. The number of aliphatic carboxylic acids is 2. The van der Waals surface area contributed by atoms with Crippen LogP contribution in [0, 0.1) is 0 Å². The summed E-state index contributed by atoms with van der Waals surface area (Å²) in [6.45, 7) is 4.70. The second kappa shape index (κ2) is 12.0. The molecule has 1 aliphatic heterocycles. The number of carboxylic acid groups (broad SMARTS) is 2. The Kier molecular flexibility index (Phi) is 8.82. The molecule has 184 valence electrons. The molecule has 0 atom stereocenters. The van der Waals surface area contributed by atoms with Gasteiger partial charge in [0.05, 0.1) is 10.9 Å². The molecule has 2 heterocycles. The van der Waals surface area contributed by atoms with Crippen LogP contribution in [0.15, 0.2) is 70.3 Å². The van der Waals surface area contributed by atoms with Crippen LogP contribution in [0.3, 0.4) is 0 Å². The highest BCUT2D eigenvalue weighted by Gasteiger charge is 2.17. The Balaban J connectivity index is 0.000000371. The molecule has 1 aromatic heterocycles. The standard InChI is InChI=1S/C20H21ClN4O2.C4H4O4/c21-15-6-7-18-17(14-15)19(26)25(20(27)22-18)13-10-23-8-11-24(12-9-23)16-4-2-1-3-5-16;5-3(6)1-2-4(7)8/h1-7,14H,8-13H2,(H,22,27);1-2H,(H,5,6)(H,7,8)/b;2-1-. The van der Waals surface area contributed by atoms with Gasteiger partial charge in [-0.25, -0.2) is 14.4 Å². The Bertz CT molecular complexity index is 1310. The van der Waals surface area contributed by atoms with E-state index in [1.165, 1.54) is 10.3 Å². The average Bonchev–Trinajstić information content (AvgIpc) is 2.84. The van der Waals surface area contributed by atoms with Gasteiger partial charge in [0, 0.05) is 62.1 Å². The number of nitrogens with zero attached hydrogens (tertiary/aromatic N) is 3. The first-order valence-corrected chi connectivity index (χ1v) is 11.2. The van der Waals surface area contributed by atoms with Crippen molar-refractivity contribution in [2.45, 2.75) is 6.54 Å². The summed E-state index contributed by atoms with van der Waals surface area (Å²) >= 11 is 5.99. The Labute approximate surface area is 205 Å². The number of H-pyrrole nitrogens is 1. The summed E-state index contributed by atoms with van der Waals surface area (Å²) in [5.41, 5.74) is 1.08. The van der Waals surface area contributed by atoms with Gasteiger partial charge in [-0.05, 0) is 30.3 Å². The zero-order valence-corrected chi connectivity index (χ0v) is 19.5. The van der Waals surface area contributed by atoms with E-state index in [4.69, 9.17) is 21.8 Å². The first-order chi connectivity index (χ1) is 16.7. The maximum absolute atomic E-state index is 12.7. The van der Waals surface area contributed by atoms with Gasteiger partial charge in [-0.2, -0.15) is 0 Å². The molecule has 35 heavy (non-hydrogen) atoms. The Morgan fingerprint density at radius 3 is 2.14 bits per heavy atom. The van der Waals surface area contributed by atoms with E-state index in [2.05, 4.69) is 26.9 Å². The summed E-state index contributed by atoms with van der Waals surface area (Å²) in [6, 6.07) is 15.3. The van der Waals surface area contributed by atoms with Crippen molar-refractivity contribution in [2.75, 3.05) is 37.6 Å². The molecule has 0 bridgehead atoms. The summed E-state index contributed by atoms with van der Waals surface area (Å²) in [7, 11) is 0. The van der Waals surface area contributed by atoms with Crippen molar-refractivity contribution in [1.29, 1.82) is 0 Å². The predicted octanol–water partition coefficient (Wildman–Crippen LogP) is 1.88. The summed E-state index contributed by atoms with van der Waals surface area (Å²) < 4.78 is 1.27. The normalized spacial score (nSPS) is 14.0. The number of fused-ring (bicyclic) bond motifs is 1. The molecule has 3 N–H and O–H groups in total. The number of benzene rings is 2. The minimum absolute atomic E-state index is 0.292. The van der Waals surface area contributed by atoms with Crippen LogP contribution < -0.4 is 16.1 Å². The molecule has 0 amide bonds. The molecule has 0 aliphatic carbocycles. The van der Waals surface area contributed by atoms with E-state index in [1.807, 2.05) is 18.2 Å². The molecule has 2 aromatic carbocycles. The van der Waals surface area contributed by atoms with Crippen LogP contribution in [-0.2, 0) is 16.1 Å². The summed E-state index contributed by atoms with van der Waals surface area (Å²) in [5, 5.41) is 16.5. The van der Waals surface area contributed by atoms with E-state index in [-0.39, 0.29) is 11.2 Å². The lowest BCUT2D eigenvalue weighted by molar-refractivity contribution is -0.134. The van der Waals surface area contributed by atoms with Gasteiger partial charge in [-0.3, -0.25) is 14.3 Å². The van der Waals surface area contributed by atoms with Crippen molar-refractivity contribution >= 4 is 40.1 Å². The molecule has 1 aliphatic rings. The van der Waals surface area contributed by atoms with Crippen LogP contribution in [0.1, 0.15) is 0 Å². The third-order valence-electron chi connectivity index (χ3n) is 5.45. The van der Waals surface area contributed by atoms with Crippen molar-refractivity contribution in [3.8, 4) is 0 Å². The third kappa shape index (κ3) is 7.29. The number of piperazine rings is 1. The van der Waals surface area contributed by atoms with Crippen LogP contribution in [0.4, 0.5) is 5.69 Å². The fraction of sp³-hybridized carbons (Fsp3) is 0.250. The zero-order valence-electron chi connectivity index (χ0n) is 18.8. The lowest BCUT2D eigenvalue weighted by Crippen LogP contribution is -2.48. The fourth-order valence-corrected chi connectivity index (χ4v) is 3.85. The second-order valence-electron chi connectivity index (χ2n) is 7.75. The predicted molar refractivity (Wildman–Crippen MR) is 133 cm³/mol. The van der Waals surface area contributed by atoms with Crippen LogP contribution >= 0.6 is 11.6 Å². The van der Waals surface area contributed by atoms with E-state index in [9.17, 15) is 19.2 Å². The number of nitrogens with one attached hydrogen (secondary N) is 1. The van der Waals surface area contributed by atoms with Gasteiger partial charge in [-0.15, -0.1) is 0 Å². The monoisotopic (exact) mass is 500 g/mol. The number of carboxylic acids is 2. The lowest BCUT2D eigenvalue weighted by Gasteiger charge is -2.36. The SMILES string of the molecule is O=C(O)/C=C\C(=O)O.O=c1[nH]c2ccc(Cl)cc2c(=O)n1CCN1CCN(c2ccccc2)CC1. The van der Waals surface area contributed by atoms with Crippen molar-refractivity contribution < 1.29 is 19.8 Å². The molecular weight excluding hydrogens is 476 g/mol. The van der Waals surface area contributed by atoms with Crippen molar-refractivity contribution in [3.05, 3.63) is 86.5 Å². The molecule has 4 rings (SSSR count). The van der Waals surface area contributed by atoms with Gasteiger partial charge >= 0.3 is 17.6 Å². The lowest BCUT2D eigenvalue weighted by atomic mass is 10.2. The van der Waals surface area contributed by atoms with Crippen LogP contribution in [-0.4, -0.2) is 69.3 Å². The van der Waals surface area contributed by atoms with Gasteiger partial charge in [-0.1, -0.05) is 29.8 Å². The van der Waals surface area contributed by atoms with E-state index < -0.39 is 11.9 Å². The summed E-state index contributed by atoms with van der Waals surface area (Å²) in [6.07, 6.45) is 1.12. The van der Waals surface area contributed by atoms with Crippen molar-refractivity contribution in [2.24, 2.45) is 0 Å². The highest BCUT2D eigenvalue weighted by Crippen LogP contribution is 2.16. The number of aromatic amines is 1. The highest BCUT2D eigenvalue weighted by molar-refractivity contribution is 6.31. The number of carbonyl (C=O) groups is 2. The summed E-state index contributed by atoms with van der Waals surface area (Å²) in [4.78, 5) is 51.5. The number of para-hydroxylation sites is 1. The van der Waals surface area contributed by atoms with Crippen LogP contribution in [0.5, 0.6) is 0 Å². The Morgan fingerprint density at radius 1 is 0.914 bits per heavy atom. The van der Waals surface area contributed by atoms with E-state index in [0.29, 0.717) is 41.2 Å². The smallest absolute Gasteiger partial charge is 0.328 e. The molecule has 0 radical (unpaired) electrons. The first-order valence-electron chi connectivity index (χ1n) is 10.8. The van der Waals surface area contributed by atoms with Crippen molar-refractivity contribution in [1.82, 2.24) is 14.5 Å². The minimum Gasteiger partial charge on any atom is -0.478 e. The Morgan fingerprint density at radius 2 is 1.54 bits per heavy atom. The van der Waals surface area contributed by atoms with Crippen LogP contribution in [0.25, 0.3) is 10.9 Å². The van der Waals surface area contributed by atoms with Crippen LogP contribution in [0.2, 0.25) is 5.02 Å². The van der Waals surface area contributed by atoms with Gasteiger partial charge in [0.2, 0.25) is 0 Å². The average molecular weight is 501 g/mol. The maximum atomic E-state index is 12.7. The molecule has 0 spiro atoms. The molecule has 0 unspecified atom stereocenters. The number of hydrogen-bond acceptors (Lipinski definition) is 6. The van der Waals surface area contributed by atoms with E-state index >= 15 is 0 Å². The molecule has 0 saturated carbocycles.